The molecule has 4 nitrogen and oxygen atoms in total. The molecule has 2 fully saturated rings. The summed E-state index contributed by atoms with van der Waals surface area (Å²) in [6.07, 6.45) is 1.92. The number of nitrogens with one attached hydrogen (secondary N) is 1. The minimum absolute atomic E-state index is 0.000903. The molecule has 1 aliphatic carbocycles. The van der Waals surface area contributed by atoms with E-state index < -0.39 is 29.9 Å². The van der Waals surface area contributed by atoms with Crippen LogP contribution in [0.2, 0.25) is 0 Å². The SMILES string of the molecule is C#CCOC1C(Cl)CC(C(F)(F)F)C(NN)N1C1C(CCCC)[C@@H]1C. The van der Waals surface area contributed by atoms with Gasteiger partial charge in [0.05, 0.1) is 17.5 Å². The van der Waals surface area contributed by atoms with Gasteiger partial charge in [-0.05, 0) is 24.7 Å². The molecule has 0 aromatic rings. The van der Waals surface area contributed by atoms with Crippen molar-refractivity contribution < 1.29 is 17.9 Å². The highest BCUT2D eigenvalue weighted by Gasteiger charge is 2.61. The number of piperidine rings is 1. The average Bonchev–Trinajstić information content (AvgIpc) is 3.19. The molecule has 1 aliphatic heterocycles. The molecular formula is C17H27ClF3N3O. The van der Waals surface area contributed by atoms with E-state index in [9.17, 15) is 13.2 Å². The normalized spacial score (nSPS) is 39.2. The third-order valence-electron chi connectivity index (χ3n) is 5.46. The summed E-state index contributed by atoms with van der Waals surface area (Å²) in [5, 5.41) is -0.802. The Morgan fingerprint density at radius 3 is 2.64 bits per heavy atom. The topological polar surface area (TPSA) is 50.5 Å². The summed E-state index contributed by atoms with van der Waals surface area (Å²) in [6, 6.07) is -0.0400. The lowest BCUT2D eigenvalue weighted by Gasteiger charge is -2.48. The zero-order chi connectivity index (χ0) is 18.8. The van der Waals surface area contributed by atoms with E-state index in [1.807, 2.05) is 0 Å². The minimum atomic E-state index is -4.39. The highest BCUT2D eigenvalue weighted by Crippen LogP contribution is 2.52. The van der Waals surface area contributed by atoms with Gasteiger partial charge in [0.2, 0.25) is 0 Å². The van der Waals surface area contributed by atoms with Crippen molar-refractivity contribution in [3.8, 4) is 12.3 Å². The summed E-state index contributed by atoms with van der Waals surface area (Å²) in [5.41, 5.74) is 2.37. The van der Waals surface area contributed by atoms with Crippen LogP contribution in [0.1, 0.15) is 39.5 Å². The van der Waals surface area contributed by atoms with E-state index in [0.717, 1.165) is 19.3 Å². The minimum Gasteiger partial charge on any atom is -0.349 e. The quantitative estimate of drug-likeness (QED) is 0.308. The molecular weight excluding hydrogens is 355 g/mol. The number of hydrogen-bond acceptors (Lipinski definition) is 4. The first-order chi connectivity index (χ1) is 11.8. The van der Waals surface area contributed by atoms with Crippen LogP contribution in [-0.4, -0.2) is 41.5 Å². The highest BCUT2D eigenvalue weighted by molar-refractivity contribution is 6.21. The molecule has 6 unspecified atom stereocenters. The number of nitrogens with zero attached hydrogens (tertiary/aromatic N) is 1. The zero-order valence-corrected chi connectivity index (χ0v) is 15.4. The fourth-order valence-corrected chi connectivity index (χ4v) is 4.52. The second kappa shape index (κ2) is 8.45. The van der Waals surface area contributed by atoms with Gasteiger partial charge < -0.3 is 4.74 Å². The second-order valence-electron chi connectivity index (χ2n) is 7.02. The molecule has 144 valence electrons. The number of ether oxygens (including phenoxy) is 1. The van der Waals surface area contributed by atoms with Gasteiger partial charge in [0.1, 0.15) is 12.8 Å². The van der Waals surface area contributed by atoms with Gasteiger partial charge in [-0.3, -0.25) is 10.7 Å². The Bertz CT molecular complexity index is 485. The van der Waals surface area contributed by atoms with Crippen molar-refractivity contribution in [2.45, 2.75) is 69.5 Å². The van der Waals surface area contributed by atoms with E-state index in [1.165, 1.54) is 0 Å². The number of hydrazine groups is 1. The molecule has 25 heavy (non-hydrogen) atoms. The van der Waals surface area contributed by atoms with Crippen LogP contribution >= 0.6 is 11.6 Å². The van der Waals surface area contributed by atoms with Gasteiger partial charge in [-0.15, -0.1) is 18.0 Å². The maximum Gasteiger partial charge on any atom is 0.394 e. The number of terminal acetylenes is 1. The first kappa shape index (κ1) is 20.8. The molecule has 1 heterocycles. The van der Waals surface area contributed by atoms with Gasteiger partial charge in [0, 0.05) is 6.04 Å². The predicted octanol–water partition coefficient (Wildman–Crippen LogP) is 3.07. The fourth-order valence-electron chi connectivity index (χ4n) is 4.12. The van der Waals surface area contributed by atoms with E-state index >= 15 is 0 Å². The second-order valence-corrected chi connectivity index (χ2v) is 7.58. The van der Waals surface area contributed by atoms with E-state index in [0.29, 0.717) is 5.92 Å². The molecule has 0 radical (unpaired) electrons. The third-order valence-corrected chi connectivity index (χ3v) is 5.85. The molecule has 2 aliphatic rings. The maximum atomic E-state index is 13.5. The van der Waals surface area contributed by atoms with Crippen molar-refractivity contribution in [1.29, 1.82) is 0 Å². The van der Waals surface area contributed by atoms with Crippen LogP contribution in [0, 0.1) is 30.1 Å². The summed E-state index contributed by atoms with van der Waals surface area (Å²) < 4.78 is 46.2. The Hall–Kier alpha value is -0.520. The monoisotopic (exact) mass is 381 g/mol. The number of rotatable bonds is 7. The molecule has 2 rings (SSSR count). The van der Waals surface area contributed by atoms with Crippen LogP contribution in [0.3, 0.4) is 0 Å². The van der Waals surface area contributed by atoms with Crippen LogP contribution in [0.15, 0.2) is 0 Å². The van der Waals surface area contributed by atoms with E-state index in [2.05, 4.69) is 25.2 Å². The summed E-state index contributed by atoms with van der Waals surface area (Å²) in [5.74, 6) is 6.86. The van der Waals surface area contributed by atoms with Crippen molar-refractivity contribution in [2.75, 3.05) is 6.61 Å². The van der Waals surface area contributed by atoms with Crippen LogP contribution in [-0.2, 0) is 4.74 Å². The zero-order valence-electron chi connectivity index (χ0n) is 14.6. The van der Waals surface area contributed by atoms with Gasteiger partial charge >= 0.3 is 6.18 Å². The van der Waals surface area contributed by atoms with Crippen LogP contribution in [0.25, 0.3) is 0 Å². The standard InChI is InChI=1S/C17H27ClF3N3O/c1-4-6-7-11-10(3)14(11)24-15(23-22)12(17(19,20)21)9-13(18)16(24)25-8-5-2/h2,10-16,23H,4,6-9,22H2,1,3H3/t10-,11?,12?,13?,14?,15?,16?/m0/s1. The summed E-state index contributed by atoms with van der Waals surface area (Å²) in [4.78, 5) is 1.70. The van der Waals surface area contributed by atoms with Crippen molar-refractivity contribution in [1.82, 2.24) is 10.3 Å². The number of likely N-dealkylation sites (tertiary alicyclic amines) is 1. The Labute approximate surface area is 152 Å². The third kappa shape index (κ3) is 4.42. The summed E-state index contributed by atoms with van der Waals surface area (Å²) >= 11 is 6.30. The molecule has 8 heteroatoms. The molecule has 0 spiro atoms. The highest BCUT2D eigenvalue weighted by atomic mass is 35.5. The number of nitrogens with two attached hydrogens (primary N) is 1. The molecule has 0 amide bonds. The van der Waals surface area contributed by atoms with E-state index in [1.54, 1.807) is 4.90 Å². The molecule has 1 saturated carbocycles. The van der Waals surface area contributed by atoms with Gasteiger partial charge in [-0.25, -0.2) is 5.43 Å². The number of unbranched alkanes of at least 4 members (excludes halogenated alkanes) is 1. The van der Waals surface area contributed by atoms with Gasteiger partial charge in [-0.1, -0.05) is 32.6 Å². The van der Waals surface area contributed by atoms with Crippen LogP contribution in [0.4, 0.5) is 13.2 Å². The predicted molar refractivity (Wildman–Crippen MR) is 91.3 cm³/mol. The molecule has 1 saturated heterocycles. The summed E-state index contributed by atoms with van der Waals surface area (Å²) in [7, 11) is 0. The lowest BCUT2D eigenvalue weighted by atomic mass is 9.91. The lowest BCUT2D eigenvalue weighted by Crippen LogP contribution is -2.67. The van der Waals surface area contributed by atoms with Crippen LogP contribution < -0.4 is 11.3 Å². The van der Waals surface area contributed by atoms with E-state index in [4.69, 9.17) is 28.6 Å². The molecule has 7 atom stereocenters. The Morgan fingerprint density at radius 2 is 2.12 bits per heavy atom. The molecule has 3 N–H and O–H groups in total. The number of alkyl halides is 4. The Balaban J connectivity index is 2.27. The number of halogens is 4. The van der Waals surface area contributed by atoms with Crippen molar-refractivity contribution in [2.24, 2.45) is 23.6 Å². The van der Waals surface area contributed by atoms with Gasteiger partial charge in [-0.2, -0.15) is 13.2 Å². The first-order valence-corrected chi connectivity index (χ1v) is 9.20. The first-order valence-electron chi connectivity index (χ1n) is 8.77. The number of hydrogen-bond donors (Lipinski definition) is 2. The lowest BCUT2D eigenvalue weighted by molar-refractivity contribution is -0.231. The Morgan fingerprint density at radius 1 is 1.44 bits per heavy atom. The Kier molecular flexibility index (Phi) is 7.02. The van der Waals surface area contributed by atoms with Crippen molar-refractivity contribution >= 4 is 11.6 Å². The summed E-state index contributed by atoms with van der Waals surface area (Å²) in [6.45, 7) is 4.15. The largest absolute Gasteiger partial charge is 0.394 e. The fraction of sp³-hybridized carbons (Fsp3) is 0.882. The van der Waals surface area contributed by atoms with Crippen LogP contribution in [0.5, 0.6) is 0 Å². The van der Waals surface area contributed by atoms with Gasteiger partial charge in [0.15, 0.2) is 0 Å². The van der Waals surface area contributed by atoms with Crippen molar-refractivity contribution in [3.63, 3.8) is 0 Å². The van der Waals surface area contributed by atoms with E-state index in [-0.39, 0.29) is 25.0 Å². The molecule has 0 bridgehead atoms. The molecule has 0 aromatic carbocycles. The van der Waals surface area contributed by atoms with Gasteiger partial charge in [0.25, 0.3) is 0 Å². The molecule has 0 aromatic heterocycles. The average molecular weight is 382 g/mol. The maximum absolute atomic E-state index is 13.5. The van der Waals surface area contributed by atoms with Crippen molar-refractivity contribution in [3.05, 3.63) is 0 Å². The smallest absolute Gasteiger partial charge is 0.349 e.